The van der Waals surface area contributed by atoms with E-state index in [4.69, 9.17) is 0 Å². The fourth-order valence-corrected chi connectivity index (χ4v) is 2.43. The van der Waals surface area contributed by atoms with Gasteiger partial charge in [0.25, 0.3) is 0 Å². The minimum Gasteiger partial charge on any atom is -0.299 e. The van der Waals surface area contributed by atoms with Crippen LogP contribution in [0.3, 0.4) is 0 Å². The van der Waals surface area contributed by atoms with Gasteiger partial charge in [-0.3, -0.25) is 9.88 Å². The minimum atomic E-state index is 0.798. The van der Waals surface area contributed by atoms with Crippen LogP contribution in [0, 0.1) is 0 Å². The maximum absolute atomic E-state index is 4.05. The summed E-state index contributed by atoms with van der Waals surface area (Å²) in [6, 6.07) is 5.02. The number of hydrogen-bond donors (Lipinski definition) is 0. The molecular weight excluding hydrogens is 184 g/mol. The van der Waals surface area contributed by atoms with Crippen molar-refractivity contribution < 1.29 is 0 Å². The average molecular weight is 204 g/mol. The Kier molecular flexibility index (Phi) is 3.73. The minimum absolute atomic E-state index is 0.798. The van der Waals surface area contributed by atoms with Crippen LogP contribution < -0.4 is 0 Å². The second kappa shape index (κ2) is 5.26. The summed E-state index contributed by atoms with van der Waals surface area (Å²) in [6.45, 7) is 1.06. The monoisotopic (exact) mass is 204 g/mol. The normalized spacial score (nSPS) is 18.3. The van der Waals surface area contributed by atoms with E-state index in [1.165, 1.54) is 37.7 Å². The first-order valence-corrected chi connectivity index (χ1v) is 5.95. The third-order valence-electron chi connectivity index (χ3n) is 3.38. The van der Waals surface area contributed by atoms with Crippen molar-refractivity contribution >= 4 is 0 Å². The number of pyridine rings is 1. The lowest BCUT2D eigenvalue weighted by Gasteiger charge is -2.31. The molecule has 0 unspecified atom stereocenters. The van der Waals surface area contributed by atoms with Crippen LogP contribution in [-0.4, -0.2) is 23.0 Å². The highest BCUT2D eigenvalue weighted by molar-refractivity contribution is 5.09. The third kappa shape index (κ3) is 3.03. The Bertz CT molecular complexity index is 278. The zero-order valence-electron chi connectivity index (χ0n) is 9.52. The molecule has 0 saturated heterocycles. The van der Waals surface area contributed by atoms with E-state index in [9.17, 15) is 0 Å². The molecule has 15 heavy (non-hydrogen) atoms. The van der Waals surface area contributed by atoms with Gasteiger partial charge in [0.15, 0.2) is 0 Å². The Morgan fingerprint density at radius 3 is 2.53 bits per heavy atom. The summed E-state index contributed by atoms with van der Waals surface area (Å²) in [4.78, 5) is 6.54. The quantitative estimate of drug-likeness (QED) is 0.752. The Labute approximate surface area is 92.3 Å². The van der Waals surface area contributed by atoms with E-state index in [2.05, 4.69) is 29.1 Å². The fraction of sp³-hybridized carbons (Fsp3) is 0.615. The topological polar surface area (TPSA) is 16.1 Å². The van der Waals surface area contributed by atoms with Crippen LogP contribution in [0.5, 0.6) is 0 Å². The van der Waals surface area contributed by atoms with Crippen LogP contribution in [0.15, 0.2) is 24.5 Å². The molecule has 0 aliphatic heterocycles. The highest BCUT2D eigenvalue weighted by atomic mass is 15.1. The van der Waals surface area contributed by atoms with Crippen molar-refractivity contribution in [3.63, 3.8) is 0 Å². The van der Waals surface area contributed by atoms with Crippen LogP contribution in [0.25, 0.3) is 0 Å². The second-order valence-corrected chi connectivity index (χ2v) is 4.56. The summed E-state index contributed by atoms with van der Waals surface area (Å²) < 4.78 is 0. The molecule has 1 heterocycles. The predicted molar refractivity (Wildman–Crippen MR) is 62.6 cm³/mol. The summed E-state index contributed by atoms with van der Waals surface area (Å²) in [5.74, 6) is 0. The van der Waals surface area contributed by atoms with E-state index >= 15 is 0 Å². The fourth-order valence-electron chi connectivity index (χ4n) is 2.43. The lowest BCUT2D eigenvalue weighted by molar-refractivity contribution is 0.184. The average Bonchev–Trinajstić information content (AvgIpc) is 2.31. The maximum Gasteiger partial charge on any atom is 0.0271 e. The molecule has 0 bridgehead atoms. The van der Waals surface area contributed by atoms with E-state index < -0.39 is 0 Å². The Hall–Kier alpha value is -0.890. The molecule has 1 aliphatic rings. The third-order valence-corrected chi connectivity index (χ3v) is 3.38. The molecule has 2 heteroatoms. The van der Waals surface area contributed by atoms with E-state index in [1.807, 2.05) is 12.4 Å². The molecule has 2 nitrogen and oxygen atoms in total. The van der Waals surface area contributed by atoms with Gasteiger partial charge in [-0.05, 0) is 37.6 Å². The van der Waals surface area contributed by atoms with Crippen molar-refractivity contribution in [3.8, 4) is 0 Å². The van der Waals surface area contributed by atoms with Gasteiger partial charge in [0.1, 0.15) is 0 Å². The summed E-state index contributed by atoms with van der Waals surface area (Å²) in [5.41, 5.74) is 1.37. The Morgan fingerprint density at radius 2 is 1.87 bits per heavy atom. The van der Waals surface area contributed by atoms with Gasteiger partial charge in [-0.25, -0.2) is 0 Å². The SMILES string of the molecule is CN(Cc1ccncc1)C1CCCCC1. The molecule has 2 rings (SSSR count). The Balaban J connectivity index is 1.88. The van der Waals surface area contributed by atoms with Gasteiger partial charge in [0, 0.05) is 25.0 Å². The number of nitrogens with zero attached hydrogens (tertiary/aromatic N) is 2. The maximum atomic E-state index is 4.05. The highest BCUT2D eigenvalue weighted by Gasteiger charge is 2.17. The van der Waals surface area contributed by atoms with Crippen molar-refractivity contribution in [2.45, 2.75) is 44.7 Å². The van der Waals surface area contributed by atoms with Crippen molar-refractivity contribution in [1.29, 1.82) is 0 Å². The molecule has 0 atom stereocenters. The van der Waals surface area contributed by atoms with Crippen LogP contribution in [-0.2, 0) is 6.54 Å². The highest BCUT2D eigenvalue weighted by Crippen LogP contribution is 2.22. The first-order chi connectivity index (χ1) is 7.36. The first-order valence-electron chi connectivity index (χ1n) is 5.95. The molecule has 1 aromatic rings. The lowest BCUT2D eigenvalue weighted by atomic mass is 9.94. The predicted octanol–water partition coefficient (Wildman–Crippen LogP) is 2.85. The molecule has 0 aromatic carbocycles. The lowest BCUT2D eigenvalue weighted by Crippen LogP contribution is -2.32. The van der Waals surface area contributed by atoms with Gasteiger partial charge in [-0.15, -0.1) is 0 Å². The van der Waals surface area contributed by atoms with Crippen molar-refractivity contribution in [3.05, 3.63) is 30.1 Å². The van der Waals surface area contributed by atoms with Crippen LogP contribution in [0.2, 0.25) is 0 Å². The molecule has 0 radical (unpaired) electrons. The molecule has 0 spiro atoms. The smallest absolute Gasteiger partial charge is 0.0271 e. The number of aromatic nitrogens is 1. The molecule has 0 N–H and O–H groups in total. The number of rotatable bonds is 3. The van der Waals surface area contributed by atoms with E-state index in [0.29, 0.717) is 0 Å². The molecular formula is C13H20N2. The molecule has 0 amide bonds. The molecule has 1 aliphatic carbocycles. The van der Waals surface area contributed by atoms with E-state index in [-0.39, 0.29) is 0 Å². The van der Waals surface area contributed by atoms with Gasteiger partial charge < -0.3 is 0 Å². The van der Waals surface area contributed by atoms with E-state index in [1.54, 1.807) is 0 Å². The van der Waals surface area contributed by atoms with Gasteiger partial charge in [0.05, 0.1) is 0 Å². The molecule has 82 valence electrons. The number of hydrogen-bond acceptors (Lipinski definition) is 2. The summed E-state index contributed by atoms with van der Waals surface area (Å²) >= 11 is 0. The standard InChI is InChI=1S/C13H20N2/c1-15(13-5-3-2-4-6-13)11-12-7-9-14-10-8-12/h7-10,13H,2-6,11H2,1H3. The second-order valence-electron chi connectivity index (χ2n) is 4.56. The summed E-state index contributed by atoms with van der Waals surface area (Å²) in [5, 5.41) is 0. The van der Waals surface area contributed by atoms with Crippen LogP contribution >= 0.6 is 0 Å². The molecule has 1 aromatic heterocycles. The van der Waals surface area contributed by atoms with Gasteiger partial charge in [-0.1, -0.05) is 19.3 Å². The summed E-state index contributed by atoms with van der Waals surface area (Å²) in [6.07, 6.45) is 10.8. The zero-order chi connectivity index (χ0) is 10.5. The van der Waals surface area contributed by atoms with Crippen LogP contribution in [0.4, 0.5) is 0 Å². The molecule has 1 fully saturated rings. The zero-order valence-corrected chi connectivity index (χ0v) is 9.52. The van der Waals surface area contributed by atoms with Crippen molar-refractivity contribution in [2.24, 2.45) is 0 Å². The van der Waals surface area contributed by atoms with Crippen molar-refractivity contribution in [2.75, 3.05) is 7.05 Å². The van der Waals surface area contributed by atoms with Gasteiger partial charge in [0.2, 0.25) is 0 Å². The van der Waals surface area contributed by atoms with E-state index in [0.717, 1.165) is 12.6 Å². The van der Waals surface area contributed by atoms with Crippen LogP contribution in [0.1, 0.15) is 37.7 Å². The molecule has 1 saturated carbocycles. The first kappa shape index (κ1) is 10.6. The Morgan fingerprint density at radius 1 is 1.20 bits per heavy atom. The van der Waals surface area contributed by atoms with Gasteiger partial charge >= 0.3 is 0 Å². The van der Waals surface area contributed by atoms with Gasteiger partial charge in [-0.2, -0.15) is 0 Å². The largest absolute Gasteiger partial charge is 0.299 e. The van der Waals surface area contributed by atoms with Crippen molar-refractivity contribution in [1.82, 2.24) is 9.88 Å². The summed E-state index contributed by atoms with van der Waals surface area (Å²) in [7, 11) is 2.25.